The normalized spacial score (nSPS) is 16.1. The van der Waals surface area contributed by atoms with E-state index in [9.17, 15) is 0 Å². The molecule has 8 nitrogen and oxygen atoms in total. The maximum Gasteiger partial charge on any atom is 0.191 e. The molecule has 1 aromatic carbocycles. The third-order valence-corrected chi connectivity index (χ3v) is 5.17. The lowest BCUT2D eigenvalue weighted by Crippen LogP contribution is -2.47. The number of aryl methyl sites for hydroxylation is 1. The number of methoxy groups -OCH3 is 1. The van der Waals surface area contributed by atoms with E-state index in [1.165, 1.54) is 0 Å². The summed E-state index contributed by atoms with van der Waals surface area (Å²) in [4.78, 5) is 13.8. The van der Waals surface area contributed by atoms with Crippen molar-refractivity contribution < 1.29 is 4.74 Å². The molecule has 0 amide bonds. The average molecular weight is 420 g/mol. The van der Waals surface area contributed by atoms with Crippen LogP contribution >= 0.6 is 0 Å². The molecular formula is C23H29N7O. The number of fused-ring (bicyclic) bond motifs is 1. The number of nitrogens with one attached hydrogen (secondary N) is 2. The zero-order valence-electron chi connectivity index (χ0n) is 18.1. The van der Waals surface area contributed by atoms with Crippen LogP contribution in [0.25, 0.3) is 11.3 Å². The van der Waals surface area contributed by atoms with Gasteiger partial charge in [0.15, 0.2) is 11.8 Å². The van der Waals surface area contributed by atoms with Gasteiger partial charge < -0.3 is 15.4 Å². The van der Waals surface area contributed by atoms with Gasteiger partial charge in [0.1, 0.15) is 12.4 Å². The molecule has 3 aromatic rings. The minimum atomic E-state index is 0.252. The second kappa shape index (κ2) is 10.2. The standard InChI is InChI=1S/C23H29N7O/c1-3-24-23(27-19-10-11-22-28-21(16-31-2)29-30(22)15-19)26-14-17-7-6-8-18(13-17)20-9-4-5-12-25-20/h4-9,12-13,19H,3,10-11,14-16H2,1-2H3,(H2,24,26,27). The van der Waals surface area contributed by atoms with E-state index in [1.807, 2.05) is 29.1 Å². The summed E-state index contributed by atoms with van der Waals surface area (Å²) >= 11 is 0. The molecule has 1 unspecified atom stereocenters. The Balaban J connectivity index is 1.42. The Morgan fingerprint density at radius 1 is 1.26 bits per heavy atom. The Morgan fingerprint density at radius 3 is 3.00 bits per heavy atom. The molecule has 0 fully saturated rings. The number of aromatic nitrogens is 4. The molecule has 0 bridgehead atoms. The fourth-order valence-electron chi connectivity index (χ4n) is 3.71. The maximum absolute atomic E-state index is 5.15. The van der Waals surface area contributed by atoms with Gasteiger partial charge in [-0.2, -0.15) is 5.10 Å². The molecular weight excluding hydrogens is 390 g/mol. The molecule has 2 aromatic heterocycles. The number of hydrogen-bond donors (Lipinski definition) is 2. The van der Waals surface area contributed by atoms with Crippen LogP contribution < -0.4 is 10.6 Å². The second-order valence-corrected chi connectivity index (χ2v) is 7.55. The first-order valence-corrected chi connectivity index (χ1v) is 10.7. The van der Waals surface area contributed by atoms with Crippen LogP contribution in [0, 0.1) is 0 Å². The molecule has 0 spiro atoms. The van der Waals surface area contributed by atoms with Gasteiger partial charge in [0.2, 0.25) is 0 Å². The zero-order valence-corrected chi connectivity index (χ0v) is 18.1. The van der Waals surface area contributed by atoms with E-state index in [0.29, 0.717) is 13.2 Å². The quantitative estimate of drug-likeness (QED) is 0.452. The number of guanidine groups is 1. The number of pyridine rings is 1. The summed E-state index contributed by atoms with van der Waals surface area (Å²) in [5.74, 6) is 2.58. The van der Waals surface area contributed by atoms with Crippen LogP contribution in [-0.2, 0) is 30.9 Å². The van der Waals surface area contributed by atoms with Gasteiger partial charge >= 0.3 is 0 Å². The van der Waals surface area contributed by atoms with Crippen molar-refractivity contribution in [2.24, 2.45) is 4.99 Å². The third-order valence-electron chi connectivity index (χ3n) is 5.17. The molecule has 162 valence electrons. The van der Waals surface area contributed by atoms with Gasteiger partial charge in [-0.15, -0.1) is 0 Å². The van der Waals surface area contributed by atoms with E-state index >= 15 is 0 Å². The van der Waals surface area contributed by atoms with Crippen molar-refractivity contribution >= 4 is 5.96 Å². The maximum atomic E-state index is 5.15. The van der Waals surface area contributed by atoms with Crippen molar-refractivity contribution in [3.63, 3.8) is 0 Å². The summed E-state index contributed by atoms with van der Waals surface area (Å²) in [6.45, 7) is 4.69. The van der Waals surface area contributed by atoms with Gasteiger partial charge in [0, 0.05) is 37.9 Å². The lowest BCUT2D eigenvalue weighted by Gasteiger charge is -2.25. The number of hydrogen-bond acceptors (Lipinski definition) is 5. The molecule has 8 heteroatoms. The SMILES string of the molecule is CCNC(=NCc1cccc(-c2ccccn2)c1)NC1CCc2nc(COC)nn2C1. The van der Waals surface area contributed by atoms with Gasteiger partial charge in [-0.05, 0) is 37.1 Å². The second-order valence-electron chi connectivity index (χ2n) is 7.55. The topological polar surface area (TPSA) is 89.2 Å². The summed E-state index contributed by atoms with van der Waals surface area (Å²) in [7, 11) is 1.66. The van der Waals surface area contributed by atoms with Crippen LogP contribution in [0.4, 0.5) is 0 Å². The van der Waals surface area contributed by atoms with Crippen molar-refractivity contribution in [3.8, 4) is 11.3 Å². The average Bonchev–Trinajstić information content (AvgIpc) is 3.20. The number of aliphatic imine (C=N–C) groups is 1. The highest BCUT2D eigenvalue weighted by Crippen LogP contribution is 2.18. The molecule has 0 saturated heterocycles. The predicted octanol–water partition coefficient (Wildman–Crippen LogP) is 2.56. The molecule has 3 heterocycles. The van der Waals surface area contributed by atoms with Gasteiger partial charge in [-0.3, -0.25) is 4.98 Å². The van der Waals surface area contributed by atoms with Crippen LogP contribution in [0.2, 0.25) is 0 Å². The summed E-state index contributed by atoms with van der Waals surface area (Å²) < 4.78 is 7.13. The number of rotatable bonds is 7. The van der Waals surface area contributed by atoms with Gasteiger partial charge in [0.25, 0.3) is 0 Å². The fourth-order valence-corrected chi connectivity index (χ4v) is 3.71. The first kappa shape index (κ1) is 21.0. The Morgan fingerprint density at radius 2 is 2.19 bits per heavy atom. The van der Waals surface area contributed by atoms with Crippen molar-refractivity contribution in [1.29, 1.82) is 0 Å². The number of nitrogens with zero attached hydrogens (tertiary/aromatic N) is 5. The third kappa shape index (κ3) is 5.46. The minimum absolute atomic E-state index is 0.252. The van der Waals surface area contributed by atoms with Gasteiger partial charge in [0.05, 0.1) is 18.8 Å². The molecule has 1 aliphatic rings. The van der Waals surface area contributed by atoms with E-state index in [1.54, 1.807) is 7.11 Å². The molecule has 2 N–H and O–H groups in total. The molecule has 0 saturated carbocycles. The van der Waals surface area contributed by atoms with E-state index in [2.05, 4.69) is 56.9 Å². The highest BCUT2D eigenvalue weighted by molar-refractivity contribution is 5.80. The lowest BCUT2D eigenvalue weighted by atomic mass is 10.1. The molecule has 4 rings (SSSR count). The predicted molar refractivity (Wildman–Crippen MR) is 120 cm³/mol. The van der Waals surface area contributed by atoms with Crippen LogP contribution in [0.15, 0.2) is 53.7 Å². The van der Waals surface area contributed by atoms with Crippen molar-refractivity contribution in [3.05, 3.63) is 65.9 Å². The van der Waals surface area contributed by atoms with Gasteiger partial charge in [-0.1, -0.05) is 24.3 Å². The summed E-state index contributed by atoms with van der Waals surface area (Å²) in [6, 6.07) is 14.6. The largest absolute Gasteiger partial charge is 0.377 e. The van der Waals surface area contributed by atoms with Gasteiger partial charge in [-0.25, -0.2) is 14.7 Å². The van der Waals surface area contributed by atoms with Crippen molar-refractivity contribution in [1.82, 2.24) is 30.4 Å². The smallest absolute Gasteiger partial charge is 0.191 e. The fraction of sp³-hybridized carbons (Fsp3) is 0.391. The number of ether oxygens (including phenoxy) is 1. The van der Waals surface area contributed by atoms with E-state index in [0.717, 1.165) is 60.4 Å². The van der Waals surface area contributed by atoms with Crippen LogP contribution in [0.1, 0.15) is 30.6 Å². The Bertz CT molecular complexity index is 1020. The summed E-state index contributed by atoms with van der Waals surface area (Å²) in [5.41, 5.74) is 3.22. The molecule has 1 aliphatic heterocycles. The lowest BCUT2D eigenvalue weighted by molar-refractivity contribution is 0.177. The summed E-state index contributed by atoms with van der Waals surface area (Å²) in [6.07, 6.45) is 3.70. The highest BCUT2D eigenvalue weighted by Gasteiger charge is 2.22. The molecule has 0 radical (unpaired) electrons. The Hall–Kier alpha value is -3.26. The van der Waals surface area contributed by atoms with Crippen LogP contribution in [0.3, 0.4) is 0 Å². The number of benzene rings is 1. The highest BCUT2D eigenvalue weighted by atomic mass is 16.5. The minimum Gasteiger partial charge on any atom is -0.377 e. The van der Waals surface area contributed by atoms with E-state index < -0.39 is 0 Å². The van der Waals surface area contributed by atoms with Crippen LogP contribution in [0.5, 0.6) is 0 Å². The van der Waals surface area contributed by atoms with Crippen molar-refractivity contribution in [2.45, 2.75) is 45.5 Å². The summed E-state index contributed by atoms with van der Waals surface area (Å²) in [5, 5.41) is 11.5. The zero-order chi connectivity index (χ0) is 21.5. The molecule has 1 atom stereocenters. The van der Waals surface area contributed by atoms with E-state index in [-0.39, 0.29) is 6.04 Å². The molecule has 0 aliphatic carbocycles. The molecule has 31 heavy (non-hydrogen) atoms. The Labute approximate surface area is 182 Å². The first-order valence-electron chi connectivity index (χ1n) is 10.7. The van der Waals surface area contributed by atoms with Crippen molar-refractivity contribution in [2.75, 3.05) is 13.7 Å². The van der Waals surface area contributed by atoms with E-state index in [4.69, 9.17) is 9.73 Å². The monoisotopic (exact) mass is 419 g/mol. The first-order chi connectivity index (χ1) is 15.2. The Kier molecular flexibility index (Phi) is 6.89. The van der Waals surface area contributed by atoms with Crippen LogP contribution in [-0.4, -0.2) is 45.4 Å².